The quantitative estimate of drug-likeness (QED) is 0.543. The molecule has 0 bridgehead atoms. The summed E-state index contributed by atoms with van der Waals surface area (Å²) in [5, 5.41) is 2.88. The normalized spacial score (nSPS) is 10.7. The highest BCUT2D eigenvalue weighted by Crippen LogP contribution is 2.19. The lowest BCUT2D eigenvalue weighted by Crippen LogP contribution is -2.30. The molecule has 0 spiro atoms. The summed E-state index contributed by atoms with van der Waals surface area (Å²) in [4.78, 5) is 27.2. The van der Waals surface area contributed by atoms with Gasteiger partial charge in [0, 0.05) is 22.1 Å². The number of carbonyl (C=O) groups excluding carboxylic acids is 2. The summed E-state index contributed by atoms with van der Waals surface area (Å²) in [6.45, 7) is 0.884. The lowest BCUT2D eigenvalue weighted by molar-refractivity contribution is -0.117. The number of nitrogens with zero attached hydrogens (tertiary/aromatic N) is 1. The molecular weight excluding hydrogens is 416 g/mol. The number of likely N-dealkylation sites (N-methyl/N-ethyl adjacent to an activating group) is 1. The molecule has 0 fully saturated rings. The van der Waals surface area contributed by atoms with E-state index in [1.165, 1.54) is 0 Å². The lowest BCUT2D eigenvalue weighted by Gasteiger charge is -2.17. The van der Waals surface area contributed by atoms with Gasteiger partial charge in [0.1, 0.15) is 0 Å². The number of anilines is 1. The zero-order valence-electron chi connectivity index (χ0n) is 15.6. The third-order valence-electron chi connectivity index (χ3n) is 4.26. The van der Waals surface area contributed by atoms with Crippen molar-refractivity contribution in [2.75, 3.05) is 18.9 Å². The molecule has 0 saturated heterocycles. The Morgan fingerprint density at radius 2 is 1.54 bits per heavy atom. The van der Waals surface area contributed by atoms with Crippen molar-refractivity contribution in [3.63, 3.8) is 0 Å². The molecule has 0 aliphatic carbocycles. The molecule has 5 heteroatoms. The maximum atomic E-state index is 12.8. The predicted octanol–water partition coefficient (Wildman–Crippen LogP) is 4.75. The zero-order chi connectivity index (χ0) is 19.9. The Morgan fingerprint density at radius 1 is 0.893 bits per heavy atom. The molecule has 0 aliphatic rings. The Labute approximate surface area is 173 Å². The number of rotatable bonds is 7. The molecule has 1 N–H and O–H groups in total. The van der Waals surface area contributed by atoms with Crippen molar-refractivity contribution < 1.29 is 9.59 Å². The van der Waals surface area contributed by atoms with Crippen LogP contribution in [0, 0.1) is 0 Å². The van der Waals surface area contributed by atoms with Gasteiger partial charge in [-0.2, -0.15) is 0 Å². The van der Waals surface area contributed by atoms with E-state index >= 15 is 0 Å². The van der Waals surface area contributed by atoms with Crippen LogP contribution in [0.25, 0.3) is 0 Å². The van der Waals surface area contributed by atoms with E-state index in [0.29, 0.717) is 23.4 Å². The molecular formula is C23H21BrN2O2. The molecule has 0 radical (unpaired) electrons. The first-order valence-electron chi connectivity index (χ1n) is 8.94. The molecule has 3 rings (SSSR count). The second kappa shape index (κ2) is 9.44. The van der Waals surface area contributed by atoms with Gasteiger partial charge in [0.2, 0.25) is 5.91 Å². The summed E-state index contributed by atoms with van der Waals surface area (Å²) in [7, 11) is 1.89. The molecule has 28 heavy (non-hydrogen) atoms. The van der Waals surface area contributed by atoms with Crippen LogP contribution in [0.4, 0.5) is 5.69 Å². The van der Waals surface area contributed by atoms with Crippen molar-refractivity contribution in [3.05, 3.63) is 100 Å². The molecule has 0 aliphatic heterocycles. The first-order valence-corrected chi connectivity index (χ1v) is 9.74. The van der Waals surface area contributed by atoms with Gasteiger partial charge in [0.25, 0.3) is 0 Å². The summed E-state index contributed by atoms with van der Waals surface area (Å²) in [6.07, 6.45) is 0. The second-order valence-electron chi connectivity index (χ2n) is 6.59. The van der Waals surface area contributed by atoms with E-state index in [1.54, 1.807) is 30.3 Å². The third kappa shape index (κ3) is 5.38. The number of benzene rings is 3. The fourth-order valence-corrected chi connectivity index (χ4v) is 3.19. The summed E-state index contributed by atoms with van der Waals surface area (Å²) in [5.41, 5.74) is 2.73. The number of carbonyl (C=O) groups is 2. The Hall–Kier alpha value is -2.76. The van der Waals surface area contributed by atoms with Crippen molar-refractivity contribution in [1.29, 1.82) is 0 Å². The third-order valence-corrected chi connectivity index (χ3v) is 4.79. The zero-order valence-corrected chi connectivity index (χ0v) is 17.1. The van der Waals surface area contributed by atoms with E-state index < -0.39 is 0 Å². The minimum atomic E-state index is -0.159. The van der Waals surface area contributed by atoms with Crippen molar-refractivity contribution >= 4 is 33.3 Å². The standard InChI is InChI=1S/C23H21BrN2O2/c1-26(15-17-11-13-19(24)14-12-17)16-22(27)25-21-10-6-5-9-20(21)23(28)18-7-3-2-4-8-18/h2-14H,15-16H2,1H3,(H,25,27). The van der Waals surface area contributed by atoms with Gasteiger partial charge in [-0.3, -0.25) is 14.5 Å². The number of hydrogen-bond acceptors (Lipinski definition) is 3. The van der Waals surface area contributed by atoms with Crippen LogP contribution in [0.2, 0.25) is 0 Å². The van der Waals surface area contributed by atoms with E-state index in [-0.39, 0.29) is 18.2 Å². The molecule has 0 unspecified atom stereocenters. The average molecular weight is 437 g/mol. The predicted molar refractivity (Wildman–Crippen MR) is 115 cm³/mol. The molecule has 0 saturated carbocycles. The van der Waals surface area contributed by atoms with E-state index in [4.69, 9.17) is 0 Å². The Morgan fingerprint density at radius 3 is 2.25 bits per heavy atom. The smallest absolute Gasteiger partial charge is 0.238 e. The summed E-state index contributed by atoms with van der Waals surface area (Å²) in [6, 6.07) is 24.2. The summed E-state index contributed by atoms with van der Waals surface area (Å²) in [5.74, 6) is -0.271. The van der Waals surface area contributed by atoms with Crippen molar-refractivity contribution in [2.45, 2.75) is 6.54 Å². The van der Waals surface area contributed by atoms with Crippen LogP contribution >= 0.6 is 15.9 Å². The van der Waals surface area contributed by atoms with Crippen LogP contribution in [-0.4, -0.2) is 30.2 Å². The van der Waals surface area contributed by atoms with E-state index in [1.807, 2.05) is 60.5 Å². The molecule has 142 valence electrons. The van der Waals surface area contributed by atoms with Crippen LogP contribution in [-0.2, 0) is 11.3 Å². The van der Waals surface area contributed by atoms with E-state index in [9.17, 15) is 9.59 Å². The van der Waals surface area contributed by atoms with E-state index in [0.717, 1.165) is 10.0 Å². The minimum absolute atomic E-state index is 0.111. The first kappa shape index (κ1) is 20.0. The van der Waals surface area contributed by atoms with Crippen LogP contribution in [0.5, 0.6) is 0 Å². The van der Waals surface area contributed by atoms with Gasteiger partial charge in [0.15, 0.2) is 5.78 Å². The monoisotopic (exact) mass is 436 g/mol. The number of ketones is 1. The molecule has 3 aromatic carbocycles. The summed E-state index contributed by atoms with van der Waals surface area (Å²) < 4.78 is 1.02. The molecule has 1 amide bonds. The SMILES string of the molecule is CN(CC(=O)Nc1ccccc1C(=O)c1ccccc1)Cc1ccc(Br)cc1. The van der Waals surface area contributed by atoms with Gasteiger partial charge in [-0.1, -0.05) is 70.5 Å². The number of para-hydroxylation sites is 1. The van der Waals surface area contributed by atoms with E-state index in [2.05, 4.69) is 21.2 Å². The fourth-order valence-electron chi connectivity index (χ4n) is 2.93. The van der Waals surface area contributed by atoms with Gasteiger partial charge in [-0.25, -0.2) is 0 Å². The molecule has 4 nitrogen and oxygen atoms in total. The Balaban J connectivity index is 1.65. The maximum absolute atomic E-state index is 12.8. The molecule has 0 atom stereocenters. The highest BCUT2D eigenvalue weighted by molar-refractivity contribution is 9.10. The highest BCUT2D eigenvalue weighted by Gasteiger charge is 2.15. The van der Waals surface area contributed by atoms with Crippen LogP contribution in [0.3, 0.4) is 0 Å². The number of hydrogen-bond donors (Lipinski definition) is 1. The summed E-state index contributed by atoms with van der Waals surface area (Å²) >= 11 is 3.42. The van der Waals surface area contributed by atoms with Crippen LogP contribution < -0.4 is 5.32 Å². The van der Waals surface area contributed by atoms with Crippen molar-refractivity contribution in [3.8, 4) is 0 Å². The topological polar surface area (TPSA) is 49.4 Å². The Kier molecular flexibility index (Phi) is 6.74. The lowest BCUT2D eigenvalue weighted by atomic mass is 10.0. The fraction of sp³-hybridized carbons (Fsp3) is 0.130. The van der Waals surface area contributed by atoms with Gasteiger partial charge < -0.3 is 5.32 Å². The second-order valence-corrected chi connectivity index (χ2v) is 7.50. The van der Waals surface area contributed by atoms with Crippen molar-refractivity contribution in [1.82, 2.24) is 4.90 Å². The maximum Gasteiger partial charge on any atom is 0.238 e. The minimum Gasteiger partial charge on any atom is -0.324 e. The Bertz CT molecular complexity index is 956. The van der Waals surface area contributed by atoms with Crippen LogP contribution in [0.1, 0.15) is 21.5 Å². The van der Waals surface area contributed by atoms with Gasteiger partial charge >= 0.3 is 0 Å². The van der Waals surface area contributed by atoms with Crippen LogP contribution in [0.15, 0.2) is 83.3 Å². The largest absolute Gasteiger partial charge is 0.324 e. The first-order chi connectivity index (χ1) is 13.5. The van der Waals surface area contributed by atoms with Gasteiger partial charge in [-0.05, 0) is 36.9 Å². The number of nitrogens with one attached hydrogen (secondary N) is 1. The molecule has 0 heterocycles. The number of halogens is 1. The average Bonchev–Trinajstić information content (AvgIpc) is 2.70. The van der Waals surface area contributed by atoms with Gasteiger partial charge in [0.05, 0.1) is 12.2 Å². The number of amides is 1. The highest BCUT2D eigenvalue weighted by atomic mass is 79.9. The molecule has 0 aromatic heterocycles. The van der Waals surface area contributed by atoms with Gasteiger partial charge in [-0.15, -0.1) is 0 Å². The molecule has 3 aromatic rings. The van der Waals surface area contributed by atoms with Crippen molar-refractivity contribution in [2.24, 2.45) is 0 Å².